The van der Waals surface area contributed by atoms with Crippen LogP contribution in [0.1, 0.15) is 19.5 Å². The Balaban J connectivity index is 2.42. The van der Waals surface area contributed by atoms with Crippen molar-refractivity contribution in [3.63, 3.8) is 0 Å². The molecule has 0 aliphatic heterocycles. The third kappa shape index (κ3) is 3.75. The largest absolute Gasteiger partial charge is 0.378 e. The zero-order valence-corrected chi connectivity index (χ0v) is 9.08. The highest BCUT2D eigenvalue weighted by Gasteiger charge is 1.98. The van der Waals surface area contributed by atoms with E-state index < -0.39 is 0 Å². The summed E-state index contributed by atoms with van der Waals surface area (Å²) in [5, 5.41) is 3.01. The van der Waals surface area contributed by atoms with Crippen LogP contribution in [0.5, 0.6) is 0 Å². The highest BCUT2D eigenvalue weighted by Crippen LogP contribution is 2.04. The normalized spacial score (nSPS) is 10.6. The molecule has 0 saturated heterocycles. The van der Waals surface area contributed by atoms with E-state index in [1.165, 1.54) is 0 Å². The molecule has 0 bridgehead atoms. The van der Waals surface area contributed by atoms with Gasteiger partial charge in [0.2, 0.25) is 0 Å². The van der Waals surface area contributed by atoms with Gasteiger partial charge < -0.3 is 10.1 Å². The Bertz CT molecular complexity index is 274. The summed E-state index contributed by atoms with van der Waals surface area (Å²) in [4.78, 5) is 4.40. The van der Waals surface area contributed by atoms with Gasteiger partial charge in [0.05, 0.1) is 12.7 Å². The topological polar surface area (TPSA) is 34.1 Å². The Morgan fingerprint density at radius 1 is 1.43 bits per heavy atom. The van der Waals surface area contributed by atoms with E-state index in [1.54, 1.807) is 0 Å². The second-order valence-corrected chi connectivity index (χ2v) is 3.43. The molecule has 0 aliphatic carbocycles. The van der Waals surface area contributed by atoms with Gasteiger partial charge in [-0.3, -0.25) is 0 Å². The summed E-state index contributed by atoms with van der Waals surface area (Å²) in [7, 11) is 1.87. The molecule has 0 fully saturated rings. The highest BCUT2D eigenvalue weighted by molar-refractivity contribution is 5.34. The van der Waals surface area contributed by atoms with Crippen LogP contribution in [0.2, 0.25) is 0 Å². The fraction of sp³-hybridized carbons (Fsp3) is 0.545. The maximum absolute atomic E-state index is 5.46. The van der Waals surface area contributed by atoms with Crippen molar-refractivity contribution in [1.82, 2.24) is 4.98 Å². The van der Waals surface area contributed by atoms with Crippen LogP contribution in [-0.2, 0) is 11.2 Å². The molecule has 3 heteroatoms. The zero-order valence-electron chi connectivity index (χ0n) is 9.08. The van der Waals surface area contributed by atoms with Crippen LogP contribution in [0.15, 0.2) is 18.2 Å². The van der Waals surface area contributed by atoms with Crippen molar-refractivity contribution in [3.05, 3.63) is 23.9 Å². The molecule has 0 atom stereocenters. The zero-order chi connectivity index (χ0) is 10.4. The SMILES string of the molecule is CNc1cccc(CCOC(C)C)n1. The second kappa shape index (κ2) is 5.60. The molecule has 1 aromatic heterocycles. The van der Waals surface area contributed by atoms with Crippen molar-refractivity contribution in [1.29, 1.82) is 0 Å². The van der Waals surface area contributed by atoms with Crippen LogP contribution >= 0.6 is 0 Å². The standard InChI is InChI=1S/C11H18N2O/c1-9(2)14-8-7-10-5-4-6-11(12-3)13-10/h4-6,9H,7-8H2,1-3H3,(H,12,13). The average Bonchev–Trinajstić information content (AvgIpc) is 2.18. The maximum Gasteiger partial charge on any atom is 0.125 e. The molecular weight excluding hydrogens is 176 g/mol. The number of hydrogen-bond donors (Lipinski definition) is 1. The van der Waals surface area contributed by atoms with Gasteiger partial charge >= 0.3 is 0 Å². The molecule has 0 radical (unpaired) electrons. The van der Waals surface area contributed by atoms with Gasteiger partial charge in [0.1, 0.15) is 5.82 Å². The van der Waals surface area contributed by atoms with Gasteiger partial charge in [-0.1, -0.05) is 6.07 Å². The van der Waals surface area contributed by atoms with Crippen LogP contribution in [0, 0.1) is 0 Å². The first-order valence-corrected chi connectivity index (χ1v) is 4.97. The van der Waals surface area contributed by atoms with Crippen molar-refractivity contribution in [3.8, 4) is 0 Å². The van der Waals surface area contributed by atoms with Crippen molar-refractivity contribution in [2.24, 2.45) is 0 Å². The minimum atomic E-state index is 0.294. The summed E-state index contributed by atoms with van der Waals surface area (Å²) in [6, 6.07) is 5.97. The van der Waals surface area contributed by atoms with Gasteiger partial charge in [-0.25, -0.2) is 4.98 Å². The van der Waals surface area contributed by atoms with E-state index in [2.05, 4.69) is 10.3 Å². The van der Waals surface area contributed by atoms with Crippen LogP contribution in [-0.4, -0.2) is 24.7 Å². The molecule has 1 aromatic rings. The number of anilines is 1. The number of hydrogen-bond acceptors (Lipinski definition) is 3. The quantitative estimate of drug-likeness (QED) is 0.779. The van der Waals surface area contributed by atoms with Gasteiger partial charge in [0, 0.05) is 19.2 Å². The van der Waals surface area contributed by atoms with Gasteiger partial charge in [0.15, 0.2) is 0 Å². The van der Waals surface area contributed by atoms with E-state index in [-0.39, 0.29) is 0 Å². The fourth-order valence-electron chi connectivity index (χ4n) is 1.16. The molecule has 78 valence electrons. The van der Waals surface area contributed by atoms with Crippen LogP contribution in [0.25, 0.3) is 0 Å². The molecule has 0 aliphatic rings. The van der Waals surface area contributed by atoms with E-state index in [0.29, 0.717) is 6.10 Å². The van der Waals surface area contributed by atoms with Crippen molar-refractivity contribution in [2.75, 3.05) is 19.0 Å². The lowest BCUT2D eigenvalue weighted by Gasteiger charge is -2.07. The highest BCUT2D eigenvalue weighted by atomic mass is 16.5. The molecule has 0 saturated carbocycles. The van der Waals surface area contributed by atoms with E-state index in [4.69, 9.17) is 4.74 Å². The number of ether oxygens (including phenoxy) is 1. The molecular formula is C11H18N2O. The van der Waals surface area contributed by atoms with Gasteiger partial charge in [-0.15, -0.1) is 0 Å². The fourth-order valence-corrected chi connectivity index (χ4v) is 1.16. The monoisotopic (exact) mass is 194 g/mol. The average molecular weight is 194 g/mol. The lowest BCUT2D eigenvalue weighted by Crippen LogP contribution is -2.07. The van der Waals surface area contributed by atoms with E-state index in [1.807, 2.05) is 39.1 Å². The van der Waals surface area contributed by atoms with Crippen LogP contribution < -0.4 is 5.32 Å². The van der Waals surface area contributed by atoms with Crippen molar-refractivity contribution in [2.45, 2.75) is 26.4 Å². The summed E-state index contributed by atoms with van der Waals surface area (Å²) in [5.41, 5.74) is 1.07. The van der Waals surface area contributed by atoms with Crippen molar-refractivity contribution >= 4 is 5.82 Å². The smallest absolute Gasteiger partial charge is 0.125 e. The first-order chi connectivity index (χ1) is 6.72. The molecule has 1 rings (SSSR count). The number of nitrogens with one attached hydrogen (secondary N) is 1. The molecule has 1 heterocycles. The van der Waals surface area contributed by atoms with Gasteiger partial charge in [-0.2, -0.15) is 0 Å². The molecule has 0 unspecified atom stereocenters. The molecule has 14 heavy (non-hydrogen) atoms. The first-order valence-electron chi connectivity index (χ1n) is 4.97. The van der Waals surface area contributed by atoms with E-state index in [0.717, 1.165) is 24.5 Å². The third-order valence-electron chi connectivity index (χ3n) is 1.87. The Morgan fingerprint density at radius 2 is 2.21 bits per heavy atom. The summed E-state index contributed by atoms with van der Waals surface area (Å²) < 4.78 is 5.46. The maximum atomic E-state index is 5.46. The molecule has 0 spiro atoms. The van der Waals surface area contributed by atoms with Crippen molar-refractivity contribution < 1.29 is 4.74 Å². The van der Waals surface area contributed by atoms with Crippen LogP contribution in [0.3, 0.4) is 0 Å². The molecule has 0 amide bonds. The molecule has 3 nitrogen and oxygen atoms in total. The second-order valence-electron chi connectivity index (χ2n) is 3.43. The Hall–Kier alpha value is -1.09. The summed E-state index contributed by atoms with van der Waals surface area (Å²) in [5.74, 6) is 0.909. The Kier molecular flexibility index (Phi) is 4.40. The number of nitrogens with zero attached hydrogens (tertiary/aromatic N) is 1. The van der Waals surface area contributed by atoms with Gasteiger partial charge in [-0.05, 0) is 26.0 Å². The molecule has 0 aromatic carbocycles. The first kappa shape index (κ1) is 11.0. The van der Waals surface area contributed by atoms with Gasteiger partial charge in [0.25, 0.3) is 0 Å². The number of pyridine rings is 1. The van der Waals surface area contributed by atoms with E-state index >= 15 is 0 Å². The minimum absolute atomic E-state index is 0.294. The summed E-state index contributed by atoms with van der Waals surface area (Å²) >= 11 is 0. The summed E-state index contributed by atoms with van der Waals surface area (Å²) in [6.45, 7) is 4.81. The predicted molar refractivity (Wildman–Crippen MR) is 58.6 cm³/mol. The third-order valence-corrected chi connectivity index (χ3v) is 1.87. The Morgan fingerprint density at radius 3 is 2.86 bits per heavy atom. The minimum Gasteiger partial charge on any atom is -0.378 e. The number of rotatable bonds is 5. The lowest BCUT2D eigenvalue weighted by atomic mass is 10.3. The molecule has 1 N–H and O–H groups in total. The lowest BCUT2D eigenvalue weighted by molar-refractivity contribution is 0.0809. The number of aromatic nitrogens is 1. The Labute approximate surface area is 85.5 Å². The van der Waals surface area contributed by atoms with Crippen LogP contribution in [0.4, 0.5) is 5.82 Å². The predicted octanol–water partition coefficient (Wildman–Crippen LogP) is 2.09. The summed E-state index contributed by atoms with van der Waals surface area (Å²) in [6.07, 6.45) is 1.16. The van der Waals surface area contributed by atoms with E-state index in [9.17, 15) is 0 Å².